The number of benzene rings is 3. The molecule has 144 valence electrons. The number of para-hydroxylation sites is 1. The molecule has 1 N–H and O–H groups in total. The fourth-order valence-electron chi connectivity index (χ4n) is 3.01. The van der Waals surface area contributed by atoms with Gasteiger partial charge >= 0.3 is 0 Å². The van der Waals surface area contributed by atoms with Crippen LogP contribution in [0.1, 0.15) is 16.7 Å². The number of hydrogen-bond acceptors (Lipinski definition) is 3. The minimum absolute atomic E-state index is 0.0894. The summed E-state index contributed by atoms with van der Waals surface area (Å²) < 4.78 is 11.4. The zero-order valence-electron chi connectivity index (χ0n) is 15.9. The van der Waals surface area contributed by atoms with Crippen molar-refractivity contribution in [3.8, 4) is 11.5 Å². The summed E-state index contributed by atoms with van der Waals surface area (Å²) in [5, 5.41) is 3.04. The monoisotopic (exact) mass is 439 g/mol. The molecule has 3 aromatic rings. The average Bonchev–Trinajstić information content (AvgIpc) is 2.71. The first-order valence-corrected chi connectivity index (χ1v) is 9.72. The number of nitrogens with one attached hydrogen (secondary N) is 1. The molecular formula is C23H22BrNO3. The molecule has 0 aliphatic rings. The average molecular weight is 440 g/mol. The summed E-state index contributed by atoms with van der Waals surface area (Å²) in [5.74, 6) is 1.12. The molecule has 3 aromatic carbocycles. The third kappa shape index (κ3) is 4.93. The van der Waals surface area contributed by atoms with E-state index in [0.29, 0.717) is 11.5 Å². The van der Waals surface area contributed by atoms with Gasteiger partial charge in [0.1, 0.15) is 0 Å². The molecule has 0 aliphatic heterocycles. The van der Waals surface area contributed by atoms with Crippen molar-refractivity contribution in [1.82, 2.24) is 0 Å². The third-order valence-electron chi connectivity index (χ3n) is 4.43. The second kappa shape index (κ2) is 9.42. The summed E-state index contributed by atoms with van der Waals surface area (Å²) >= 11 is 3.51. The van der Waals surface area contributed by atoms with Crippen LogP contribution >= 0.6 is 15.9 Å². The van der Waals surface area contributed by atoms with Gasteiger partial charge in [0.2, 0.25) is 5.91 Å². The molecule has 0 unspecified atom stereocenters. The highest BCUT2D eigenvalue weighted by Gasteiger charge is 2.14. The molecule has 28 heavy (non-hydrogen) atoms. The van der Waals surface area contributed by atoms with Crippen LogP contribution in [0, 0.1) is 0 Å². The van der Waals surface area contributed by atoms with Gasteiger partial charge in [-0.3, -0.25) is 4.79 Å². The smallest absolute Gasteiger partial charge is 0.228 e. The van der Waals surface area contributed by atoms with Gasteiger partial charge in [0, 0.05) is 10.2 Å². The SMILES string of the molecule is COc1cc(Br)c(CC(=O)Nc2ccccc2Cc2ccccc2)cc1OC. The van der Waals surface area contributed by atoms with Crippen molar-refractivity contribution < 1.29 is 14.3 Å². The second-order valence-electron chi connectivity index (χ2n) is 6.34. The summed E-state index contributed by atoms with van der Waals surface area (Å²) in [5.41, 5.74) is 3.93. The first kappa shape index (κ1) is 20.0. The Bertz CT molecular complexity index is 957. The minimum Gasteiger partial charge on any atom is -0.493 e. The van der Waals surface area contributed by atoms with Crippen molar-refractivity contribution in [2.75, 3.05) is 19.5 Å². The lowest BCUT2D eigenvalue weighted by atomic mass is 10.0. The van der Waals surface area contributed by atoms with E-state index < -0.39 is 0 Å². The van der Waals surface area contributed by atoms with Gasteiger partial charge in [-0.05, 0) is 41.3 Å². The molecule has 0 radical (unpaired) electrons. The zero-order chi connectivity index (χ0) is 19.9. The van der Waals surface area contributed by atoms with Crippen LogP contribution in [0.5, 0.6) is 11.5 Å². The van der Waals surface area contributed by atoms with Gasteiger partial charge in [0.25, 0.3) is 0 Å². The maximum absolute atomic E-state index is 12.7. The van der Waals surface area contributed by atoms with E-state index in [-0.39, 0.29) is 12.3 Å². The summed E-state index contributed by atoms with van der Waals surface area (Å²) in [4.78, 5) is 12.7. The van der Waals surface area contributed by atoms with Crippen LogP contribution in [0.2, 0.25) is 0 Å². The summed E-state index contributed by atoms with van der Waals surface area (Å²) in [6, 6.07) is 21.7. The van der Waals surface area contributed by atoms with Crippen LogP contribution in [0.4, 0.5) is 5.69 Å². The third-order valence-corrected chi connectivity index (χ3v) is 5.17. The maximum Gasteiger partial charge on any atom is 0.228 e. The quantitative estimate of drug-likeness (QED) is 0.547. The number of carbonyl (C=O) groups excluding carboxylic acids is 1. The van der Waals surface area contributed by atoms with E-state index in [1.807, 2.05) is 54.6 Å². The second-order valence-corrected chi connectivity index (χ2v) is 7.20. The maximum atomic E-state index is 12.7. The van der Waals surface area contributed by atoms with E-state index >= 15 is 0 Å². The Kier molecular flexibility index (Phi) is 6.71. The largest absolute Gasteiger partial charge is 0.493 e. The molecule has 0 saturated carbocycles. The first-order valence-electron chi connectivity index (χ1n) is 8.92. The standard InChI is InChI=1S/C23H22BrNO3/c1-27-21-13-18(19(24)15-22(21)28-2)14-23(26)25-20-11-7-6-10-17(20)12-16-8-4-3-5-9-16/h3-11,13,15H,12,14H2,1-2H3,(H,25,26). The van der Waals surface area contributed by atoms with Gasteiger partial charge in [-0.25, -0.2) is 0 Å². The van der Waals surface area contributed by atoms with Crippen LogP contribution in [-0.4, -0.2) is 20.1 Å². The first-order chi connectivity index (χ1) is 13.6. The number of anilines is 1. The lowest BCUT2D eigenvalue weighted by Gasteiger charge is -2.14. The van der Waals surface area contributed by atoms with Crippen LogP contribution in [0.25, 0.3) is 0 Å². The fourth-order valence-corrected chi connectivity index (χ4v) is 3.47. The minimum atomic E-state index is -0.0894. The number of amides is 1. The van der Waals surface area contributed by atoms with E-state index in [4.69, 9.17) is 9.47 Å². The molecule has 0 fully saturated rings. The Morgan fingerprint density at radius 3 is 2.25 bits per heavy atom. The van der Waals surface area contributed by atoms with E-state index in [2.05, 4.69) is 33.4 Å². The molecule has 0 aromatic heterocycles. The molecule has 0 bridgehead atoms. The molecule has 0 aliphatic carbocycles. The molecule has 0 spiro atoms. The predicted octanol–water partition coefficient (Wildman–Crippen LogP) is 5.24. The highest BCUT2D eigenvalue weighted by atomic mass is 79.9. The highest BCUT2D eigenvalue weighted by Crippen LogP contribution is 2.33. The Morgan fingerprint density at radius 2 is 1.54 bits per heavy atom. The lowest BCUT2D eigenvalue weighted by Crippen LogP contribution is -2.16. The van der Waals surface area contributed by atoms with Gasteiger partial charge < -0.3 is 14.8 Å². The molecule has 0 atom stereocenters. The van der Waals surface area contributed by atoms with Crippen molar-refractivity contribution >= 4 is 27.5 Å². The van der Waals surface area contributed by atoms with Gasteiger partial charge in [0.15, 0.2) is 11.5 Å². The van der Waals surface area contributed by atoms with Crippen molar-refractivity contribution in [3.05, 3.63) is 87.9 Å². The molecule has 0 heterocycles. The molecule has 4 nitrogen and oxygen atoms in total. The number of methoxy groups -OCH3 is 2. The van der Waals surface area contributed by atoms with Crippen molar-refractivity contribution in [2.45, 2.75) is 12.8 Å². The highest BCUT2D eigenvalue weighted by molar-refractivity contribution is 9.10. The Morgan fingerprint density at radius 1 is 0.893 bits per heavy atom. The van der Waals surface area contributed by atoms with Crippen LogP contribution in [0.3, 0.4) is 0 Å². The van der Waals surface area contributed by atoms with Crippen molar-refractivity contribution in [2.24, 2.45) is 0 Å². The number of halogens is 1. The molecule has 5 heteroatoms. The Balaban J connectivity index is 1.76. The van der Waals surface area contributed by atoms with Gasteiger partial charge in [-0.2, -0.15) is 0 Å². The topological polar surface area (TPSA) is 47.6 Å². The number of carbonyl (C=O) groups is 1. The van der Waals surface area contributed by atoms with E-state index in [0.717, 1.165) is 27.7 Å². The number of rotatable bonds is 7. The van der Waals surface area contributed by atoms with Gasteiger partial charge in [-0.15, -0.1) is 0 Å². The van der Waals surface area contributed by atoms with Crippen LogP contribution < -0.4 is 14.8 Å². The van der Waals surface area contributed by atoms with Gasteiger partial charge in [0.05, 0.1) is 20.6 Å². The van der Waals surface area contributed by atoms with Crippen molar-refractivity contribution in [1.29, 1.82) is 0 Å². The molecule has 3 rings (SSSR count). The van der Waals surface area contributed by atoms with E-state index in [9.17, 15) is 4.79 Å². The summed E-state index contributed by atoms with van der Waals surface area (Å²) in [6.45, 7) is 0. The van der Waals surface area contributed by atoms with Gasteiger partial charge in [-0.1, -0.05) is 64.5 Å². The lowest BCUT2D eigenvalue weighted by molar-refractivity contribution is -0.115. The van der Waals surface area contributed by atoms with Crippen LogP contribution in [-0.2, 0) is 17.6 Å². The number of ether oxygens (including phenoxy) is 2. The zero-order valence-corrected chi connectivity index (χ0v) is 17.5. The van der Waals surface area contributed by atoms with Crippen LogP contribution in [0.15, 0.2) is 71.2 Å². The summed E-state index contributed by atoms with van der Waals surface area (Å²) in [6.07, 6.45) is 0.984. The molecular weight excluding hydrogens is 418 g/mol. The predicted molar refractivity (Wildman–Crippen MR) is 115 cm³/mol. The number of hydrogen-bond donors (Lipinski definition) is 1. The normalized spacial score (nSPS) is 10.4. The van der Waals surface area contributed by atoms with E-state index in [1.165, 1.54) is 5.56 Å². The van der Waals surface area contributed by atoms with E-state index in [1.54, 1.807) is 14.2 Å². The Hall–Kier alpha value is -2.79. The molecule has 0 saturated heterocycles. The fraction of sp³-hybridized carbons (Fsp3) is 0.174. The summed E-state index contributed by atoms with van der Waals surface area (Å²) in [7, 11) is 3.16. The van der Waals surface area contributed by atoms with Crippen molar-refractivity contribution in [3.63, 3.8) is 0 Å². The molecule has 1 amide bonds. The Labute approximate surface area is 173 Å².